The largest absolute Gasteiger partial charge is 0.496 e. The highest BCUT2D eigenvalue weighted by Crippen LogP contribution is 2.37. The van der Waals surface area contributed by atoms with Crippen LogP contribution < -0.4 is 4.74 Å². The van der Waals surface area contributed by atoms with Crippen LogP contribution in [-0.2, 0) is 17.8 Å². The monoisotopic (exact) mass is 487 g/mol. The molecule has 190 valence electrons. The number of fused-ring (bicyclic) bond motifs is 1. The Balaban J connectivity index is 1.59. The summed E-state index contributed by atoms with van der Waals surface area (Å²) in [6, 6.07) is 19.4. The second-order valence-electron chi connectivity index (χ2n) is 9.69. The molecule has 0 saturated carbocycles. The summed E-state index contributed by atoms with van der Waals surface area (Å²) in [6.45, 7) is 7.40. The van der Waals surface area contributed by atoms with Crippen molar-refractivity contribution >= 4 is 11.8 Å². The molecule has 3 aromatic rings. The molecule has 0 aliphatic carbocycles. The average Bonchev–Trinajstić information content (AvgIpc) is 3.38. The fraction of sp³-hybridized carbons (Fsp3) is 0.400. The number of benzene rings is 2. The Kier molecular flexibility index (Phi) is 8.14. The molecule has 36 heavy (non-hydrogen) atoms. The van der Waals surface area contributed by atoms with Crippen LogP contribution in [-0.4, -0.2) is 52.4 Å². The van der Waals surface area contributed by atoms with Crippen molar-refractivity contribution in [2.75, 3.05) is 20.2 Å². The van der Waals surface area contributed by atoms with Crippen molar-refractivity contribution in [3.63, 3.8) is 0 Å². The van der Waals surface area contributed by atoms with E-state index in [0.29, 0.717) is 18.7 Å². The van der Waals surface area contributed by atoms with Crippen LogP contribution in [0.15, 0.2) is 66.9 Å². The zero-order valence-electron chi connectivity index (χ0n) is 21.8. The van der Waals surface area contributed by atoms with Crippen molar-refractivity contribution in [3.05, 3.63) is 89.2 Å². The molecule has 1 aliphatic rings. The molecule has 2 heterocycles. The first kappa shape index (κ1) is 25.5. The predicted octanol–water partition coefficient (Wildman–Crippen LogP) is 5.32. The summed E-state index contributed by atoms with van der Waals surface area (Å²) in [5.41, 5.74) is 3.84. The van der Waals surface area contributed by atoms with Gasteiger partial charge in [0.05, 0.1) is 7.11 Å². The maximum Gasteiger partial charge on any atom is 0.254 e. The quantitative estimate of drug-likeness (QED) is 0.410. The highest BCUT2D eigenvalue weighted by Gasteiger charge is 2.35. The highest BCUT2D eigenvalue weighted by atomic mass is 16.5. The number of methoxy groups -OCH3 is 1. The lowest BCUT2D eigenvalue weighted by atomic mass is 9.98. The van der Waals surface area contributed by atoms with E-state index in [9.17, 15) is 9.59 Å². The van der Waals surface area contributed by atoms with Gasteiger partial charge in [-0.2, -0.15) is 0 Å². The van der Waals surface area contributed by atoms with Gasteiger partial charge in [0.1, 0.15) is 18.3 Å². The predicted molar refractivity (Wildman–Crippen MR) is 142 cm³/mol. The van der Waals surface area contributed by atoms with Crippen molar-refractivity contribution in [1.29, 1.82) is 0 Å². The van der Waals surface area contributed by atoms with Crippen molar-refractivity contribution in [1.82, 2.24) is 14.4 Å². The number of carbonyl (C=O) groups is 2. The fourth-order valence-electron chi connectivity index (χ4n) is 4.96. The smallest absolute Gasteiger partial charge is 0.254 e. The Morgan fingerprint density at radius 1 is 1.03 bits per heavy atom. The van der Waals surface area contributed by atoms with Gasteiger partial charge in [-0.25, -0.2) is 0 Å². The summed E-state index contributed by atoms with van der Waals surface area (Å²) in [5, 5.41) is 0. The Morgan fingerprint density at radius 3 is 2.47 bits per heavy atom. The third kappa shape index (κ3) is 5.32. The molecule has 1 unspecified atom stereocenters. The van der Waals surface area contributed by atoms with Crippen LogP contribution in [0.3, 0.4) is 0 Å². The van der Waals surface area contributed by atoms with Gasteiger partial charge in [0.2, 0.25) is 5.91 Å². The number of aryl methyl sites for hydroxylation is 1. The van der Waals surface area contributed by atoms with E-state index in [1.165, 1.54) is 5.56 Å². The van der Waals surface area contributed by atoms with Gasteiger partial charge in [-0.3, -0.25) is 9.59 Å². The molecule has 0 N–H and O–H groups in total. The summed E-state index contributed by atoms with van der Waals surface area (Å²) in [4.78, 5) is 30.9. The lowest BCUT2D eigenvalue weighted by Gasteiger charge is -2.39. The van der Waals surface area contributed by atoms with E-state index >= 15 is 0 Å². The van der Waals surface area contributed by atoms with E-state index in [0.717, 1.165) is 36.3 Å². The molecule has 1 aliphatic heterocycles. The number of aromatic nitrogens is 1. The van der Waals surface area contributed by atoms with E-state index < -0.39 is 0 Å². The normalized spacial score (nSPS) is 15.0. The highest BCUT2D eigenvalue weighted by molar-refractivity contribution is 5.96. The zero-order chi connectivity index (χ0) is 25.7. The molecule has 1 atom stereocenters. The zero-order valence-corrected chi connectivity index (χ0v) is 21.8. The number of amides is 2. The fourth-order valence-corrected chi connectivity index (χ4v) is 4.96. The Bertz CT molecular complexity index is 1180. The molecule has 6 nitrogen and oxygen atoms in total. The van der Waals surface area contributed by atoms with E-state index in [1.54, 1.807) is 12.0 Å². The molecule has 0 radical (unpaired) electrons. The minimum Gasteiger partial charge on any atom is -0.496 e. The molecule has 0 spiro atoms. The van der Waals surface area contributed by atoms with Gasteiger partial charge in [0.25, 0.3) is 5.91 Å². The Labute approximate surface area is 214 Å². The number of carbonyl (C=O) groups excluding carboxylic acids is 2. The van der Waals surface area contributed by atoms with Crippen molar-refractivity contribution in [2.45, 2.75) is 58.7 Å². The van der Waals surface area contributed by atoms with Gasteiger partial charge < -0.3 is 19.1 Å². The number of rotatable bonds is 9. The second kappa shape index (κ2) is 11.5. The molecular formula is C30H37N3O3. The third-order valence-electron chi connectivity index (χ3n) is 7.00. The lowest BCUT2D eigenvalue weighted by Crippen LogP contribution is -2.49. The third-order valence-corrected chi connectivity index (χ3v) is 7.00. The summed E-state index contributed by atoms with van der Waals surface area (Å²) < 4.78 is 7.84. The number of nitrogens with zero attached hydrogens (tertiary/aromatic N) is 3. The van der Waals surface area contributed by atoms with Crippen molar-refractivity contribution < 1.29 is 14.3 Å². The second-order valence-corrected chi connectivity index (χ2v) is 9.69. The molecule has 6 heteroatoms. The van der Waals surface area contributed by atoms with Crippen LogP contribution in [0.5, 0.6) is 5.75 Å². The summed E-state index contributed by atoms with van der Waals surface area (Å²) in [6.07, 6.45) is 5.33. The first-order valence-corrected chi connectivity index (χ1v) is 12.9. The summed E-state index contributed by atoms with van der Waals surface area (Å²) >= 11 is 0. The van der Waals surface area contributed by atoms with E-state index in [1.807, 2.05) is 79.5 Å². The van der Waals surface area contributed by atoms with Gasteiger partial charge in [-0.05, 0) is 62.6 Å². The molecule has 2 amide bonds. The van der Waals surface area contributed by atoms with E-state index in [4.69, 9.17) is 4.74 Å². The lowest BCUT2D eigenvalue weighted by molar-refractivity contribution is -0.135. The number of unbranched alkanes of at least 4 members (excludes halogenated alkanes) is 1. The van der Waals surface area contributed by atoms with Crippen LogP contribution in [0, 0.1) is 0 Å². The molecule has 2 aromatic carbocycles. The molecule has 4 rings (SSSR count). The van der Waals surface area contributed by atoms with E-state index in [-0.39, 0.29) is 30.4 Å². The van der Waals surface area contributed by atoms with Gasteiger partial charge >= 0.3 is 0 Å². The van der Waals surface area contributed by atoms with Gasteiger partial charge in [-0.15, -0.1) is 0 Å². The summed E-state index contributed by atoms with van der Waals surface area (Å²) in [7, 11) is 1.65. The molecule has 1 aromatic heterocycles. The van der Waals surface area contributed by atoms with Crippen LogP contribution >= 0.6 is 0 Å². The van der Waals surface area contributed by atoms with Gasteiger partial charge in [-0.1, -0.05) is 43.7 Å². The van der Waals surface area contributed by atoms with Gasteiger partial charge in [0.15, 0.2) is 0 Å². The Morgan fingerprint density at radius 2 is 1.78 bits per heavy atom. The molecular weight excluding hydrogens is 450 g/mol. The van der Waals surface area contributed by atoms with Crippen LogP contribution in [0.4, 0.5) is 0 Å². The maximum atomic E-state index is 13.8. The molecule has 0 fully saturated rings. The minimum absolute atomic E-state index is 0.0282. The SMILES string of the molecule is CCCCc1ccc(C(=O)N(CC(=O)N2CCn3cccc3C2c2ccccc2OC)C(C)C)cc1. The maximum absolute atomic E-state index is 13.8. The topological polar surface area (TPSA) is 54.8 Å². The van der Waals surface area contributed by atoms with Crippen molar-refractivity contribution in [2.24, 2.45) is 0 Å². The first-order valence-electron chi connectivity index (χ1n) is 12.9. The van der Waals surface area contributed by atoms with Gasteiger partial charge in [0, 0.05) is 42.1 Å². The van der Waals surface area contributed by atoms with Crippen LogP contribution in [0.2, 0.25) is 0 Å². The number of para-hydroxylation sites is 1. The average molecular weight is 488 g/mol. The van der Waals surface area contributed by atoms with E-state index in [2.05, 4.69) is 17.6 Å². The number of hydrogen-bond acceptors (Lipinski definition) is 3. The summed E-state index contributed by atoms with van der Waals surface area (Å²) in [5.74, 6) is 0.560. The number of hydrogen-bond donors (Lipinski definition) is 0. The first-order chi connectivity index (χ1) is 17.4. The minimum atomic E-state index is -0.278. The standard InChI is InChI=1S/C30H37N3O3/c1-5-6-10-23-14-16-24(17-15-23)30(35)33(22(2)3)21-28(34)32-20-19-31-18-9-12-26(31)29(32)25-11-7-8-13-27(25)36-4/h7-9,11-18,22,29H,5-6,10,19-21H2,1-4H3. The molecule has 0 bridgehead atoms. The van der Waals surface area contributed by atoms with Crippen LogP contribution in [0.1, 0.15) is 66.8 Å². The van der Waals surface area contributed by atoms with Crippen molar-refractivity contribution in [3.8, 4) is 5.75 Å². The number of ether oxygens (including phenoxy) is 1. The Hall–Kier alpha value is -3.54. The molecule has 0 saturated heterocycles. The van der Waals surface area contributed by atoms with Crippen LogP contribution in [0.25, 0.3) is 0 Å².